The smallest absolute Gasteiger partial charge is 0.222 e. The topological polar surface area (TPSA) is 50.2 Å². The van der Waals surface area contributed by atoms with E-state index in [0.717, 1.165) is 25.0 Å². The average Bonchev–Trinajstić information content (AvgIpc) is 2.95. The van der Waals surface area contributed by atoms with Gasteiger partial charge in [0, 0.05) is 44.3 Å². The molecule has 22 heavy (non-hydrogen) atoms. The molecule has 2 fully saturated rings. The van der Waals surface area contributed by atoms with Crippen molar-refractivity contribution in [2.45, 2.75) is 70.5 Å². The van der Waals surface area contributed by atoms with Crippen molar-refractivity contribution in [1.29, 1.82) is 0 Å². The number of hydrogen-bond acceptors (Lipinski definition) is 3. The average molecular weight is 304 g/mol. The van der Waals surface area contributed by atoms with Crippen LogP contribution in [0.1, 0.15) is 49.1 Å². The van der Waals surface area contributed by atoms with E-state index in [1.54, 1.807) is 0 Å². The van der Waals surface area contributed by atoms with Gasteiger partial charge in [-0.3, -0.25) is 9.48 Å². The standard InChI is InChI=1S/C17H28N4O/c1-11-16(12(2)21(4)19-11)7-8-17(22)20(3)15-9-13-5-6-14(10-15)18-13/h13-15,18H,5-10H2,1-4H3. The van der Waals surface area contributed by atoms with Gasteiger partial charge in [0.25, 0.3) is 0 Å². The third kappa shape index (κ3) is 2.91. The molecule has 1 N–H and O–H groups in total. The number of piperidine rings is 1. The molecule has 5 nitrogen and oxygen atoms in total. The van der Waals surface area contributed by atoms with Crippen molar-refractivity contribution in [1.82, 2.24) is 20.0 Å². The van der Waals surface area contributed by atoms with Crippen LogP contribution in [0.3, 0.4) is 0 Å². The Labute approximate surface area is 133 Å². The molecule has 5 heteroatoms. The second-order valence-corrected chi connectivity index (χ2v) is 7.04. The van der Waals surface area contributed by atoms with E-state index >= 15 is 0 Å². The molecule has 2 atom stereocenters. The molecule has 0 radical (unpaired) electrons. The van der Waals surface area contributed by atoms with Crippen molar-refractivity contribution >= 4 is 5.91 Å². The summed E-state index contributed by atoms with van der Waals surface area (Å²) in [4.78, 5) is 14.6. The van der Waals surface area contributed by atoms with Crippen molar-refractivity contribution in [2.24, 2.45) is 7.05 Å². The number of carbonyl (C=O) groups is 1. The van der Waals surface area contributed by atoms with E-state index in [9.17, 15) is 4.79 Å². The Morgan fingerprint density at radius 2 is 1.95 bits per heavy atom. The molecule has 2 bridgehead atoms. The van der Waals surface area contributed by atoms with Gasteiger partial charge in [-0.2, -0.15) is 5.10 Å². The second kappa shape index (κ2) is 6.03. The van der Waals surface area contributed by atoms with Crippen molar-refractivity contribution < 1.29 is 4.79 Å². The van der Waals surface area contributed by atoms with Crippen LogP contribution in [0, 0.1) is 13.8 Å². The van der Waals surface area contributed by atoms with Crippen LogP contribution in [-0.2, 0) is 18.3 Å². The van der Waals surface area contributed by atoms with Gasteiger partial charge in [0.15, 0.2) is 0 Å². The summed E-state index contributed by atoms with van der Waals surface area (Å²) < 4.78 is 1.91. The Balaban J connectivity index is 1.57. The molecule has 3 rings (SSSR count). The minimum Gasteiger partial charge on any atom is -0.343 e. The number of fused-ring (bicyclic) bond motifs is 2. The lowest BCUT2D eigenvalue weighted by molar-refractivity contribution is -0.132. The van der Waals surface area contributed by atoms with E-state index in [0.29, 0.717) is 24.5 Å². The zero-order chi connectivity index (χ0) is 15.9. The van der Waals surface area contributed by atoms with Crippen LogP contribution >= 0.6 is 0 Å². The van der Waals surface area contributed by atoms with E-state index < -0.39 is 0 Å². The highest BCUT2D eigenvalue weighted by molar-refractivity contribution is 5.76. The van der Waals surface area contributed by atoms with E-state index in [1.807, 2.05) is 30.6 Å². The Bertz CT molecular complexity index is 553. The number of aromatic nitrogens is 2. The first-order chi connectivity index (χ1) is 10.5. The van der Waals surface area contributed by atoms with Gasteiger partial charge >= 0.3 is 0 Å². The highest BCUT2D eigenvalue weighted by atomic mass is 16.2. The van der Waals surface area contributed by atoms with Crippen LogP contribution in [0.5, 0.6) is 0 Å². The maximum atomic E-state index is 12.6. The molecule has 3 heterocycles. The molecule has 1 aromatic rings. The summed E-state index contributed by atoms with van der Waals surface area (Å²) in [6.07, 6.45) is 6.16. The molecule has 2 unspecified atom stereocenters. The maximum Gasteiger partial charge on any atom is 0.222 e. The van der Waals surface area contributed by atoms with E-state index in [4.69, 9.17) is 0 Å². The summed E-state index contributed by atoms with van der Waals surface area (Å²) in [7, 11) is 3.95. The van der Waals surface area contributed by atoms with Crippen molar-refractivity contribution in [3.05, 3.63) is 17.0 Å². The fourth-order valence-electron chi connectivity index (χ4n) is 4.13. The first-order valence-corrected chi connectivity index (χ1v) is 8.46. The molecule has 0 spiro atoms. The van der Waals surface area contributed by atoms with Crippen LogP contribution in [0.4, 0.5) is 0 Å². The Kier molecular flexibility index (Phi) is 4.26. The minimum atomic E-state index is 0.272. The van der Waals surface area contributed by atoms with E-state index in [1.165, 1.54) is 24.1 Å². The lowest BCUT2D eigenvalue weighted by Crippen LogP contribution is -2.48. The molecule has 0 aromatic carbocycles. The van der Waals surface area contributed by atoms with Crippen molar-refractivity contribution in [2.75, 3.05) is 7.05 Å². The van der Waals surface area contributed by atoms with Crippen molar-refractivity contribution in [3.63, 3.8) is 0 Å². The number of nitrogens with zero attached hydrogens (tertiary/aromatic N) is 3. The van der Waals surface area contributed by atoms with Crippen molar-refractivity contribution in [3.8, 4) is 0 Å². The fraction of sp³-hybridized carbons (Fsp3) is 0.765. The molecule has 2 aliphatic rings. The van der Waals surface area contributed by atoms with Gasteiger partial charge in [-0.25, -0.2) is 0 Å². The molecule has 0 aliphatic carbocycles. The summed E-state index contributed by atoms with van der Waals surface area (Å²) in [6, 6.07) is 1.67. The summed E-state index contributed by atoms with van der Waals surface area (Å²) in [6.45, 7) is 4.11. The molecule has 2 saturated heterocycles. The number of carbonyl (C=O) groups excluding carboxylic acids is 1. The number of aryl methyl sites for hydroxylation is 2. The molecule has 122 valence electrons. The van der Waals surface area contributed by atoms with Crippen LogP contribution in [0.2, 0.25) is 0 Å². The lowest BCUT2D eigenvalue weighted by atomic mass is 9.98. The van der Waals surface area contributed by atoms with Crippen LogP contribution in [0.15, 0.2) is 0 Å². The first kappa shape index (κ1) is 15.5. The van der Waals surface area contributed by atoms with Gasteiger partial charge < -0.3 is 10.2 Å². The second-order valence-electron chi connectivity index (χ2n) is 7.04. The summed E-state index contributed by atoms with van der Waals surface area (Å²) >= 11 is 0. The number of nitrogens with one attached hydrogen (secondary N) is 1. The van der Waals surface area contributed by atoms with Crippen LogP contribution in [-0.4, -0.2) is 45.8 Å². The van der Waals surface area contributed by atoms with Gasteiger partial charge in [0.2, 0.25) is 5.91 Å². The maximum absolute atomic E-state index is 12.6. The molecule has 0 saturated carbocycles. The summed E-state index contributed by atoms with van der Waals surface area (Å²) in [5.74, 6) is 0.272. The third-order valence-electron chi connectivity index (χ3n) is 5.64. The Hall–Kier alpha value is -1.36. The first-order valence-electron chi connectivity index (χ1n) is 8.46. The van der Waals surface area contributed by atoms with Gasteiger partial charge in [-0.05, 0) is 51.5 Å². The monoisotopic (exact) mass is 304 g/mol. The number of amides is 1. The van der Waals surface area contributed by atoms with Crippen LogP contribution < -0.4 is 5.32 Å². The summed E-state index contributed by atoms with van der Waals surface area (Å²) in [5.41, 5.74) is 3.46. The predicted molar refractivity (Wildman–Crippen MR) is 86.7 cm³/mol. The predicted octanol–water partition coefficient (Wildman–Crippen LogP) is 1.71. The van der Waals surface area contributed by atoms with Gasteiger partial charge in [-0.15, -0.1) is 0 Å². The molecular weight excluding hydrogens is 276 g/mol. The molecule has 2 aliphatic heterocycles. The Morgan fingerprint density at radius 1 is 1.32 bits per heavy atom. The number of hydrogen-bond donors (Lipinski definition) is 1. The van der Waals surface area contributed by atoms with Crippen LogP contribution in [0.25, 0.3) is 0 Å². The third-order valence-corrected chi connectivity index (χ3v) is 5.64. The van der Waals surface area contributed by atoms with Gasteiger partial charge in [0.1, 0.15) is 0 Å². The highest BCUT2D eigenvalue weighted by Crippen LogP contribution is 2.29. The van der Waals surface area contributed by atoms with Gasteiger partial charge in [0.05, 0.1) is 5.69 Å². The zero-order valence-electron chi connectivity index (χ0n) is 14.2. The molecule has 1 aromatic heterocycles. The minimum absolute atomic E-state index is 0.272. The molecule has 1 amide bonds. The fourth-order valence-corrected chi connectivity index (χ4v) is 4.13. The quantitative estimate of drug-likeness (QED) is 0.921. The van der Waals surface area contributed by atoms with E-state index in [-0.39, 0.29) is 5.91 Å². The lowest BCUT2D eigenvalue weighted by Gasteiger charge is -2.35. The number of rotatable bonds is 4. The SMILES string of the molecule is Cc1nn(C)c(C)c1CCC(=O)N(C)C1CC2CCC(C1)N2. The van der Waals surface area contributed by atoms with E-state index in [2.05, 4.69) is 17.3 Å². The highest BCUT2D eigenvalue weighted by Gasteiger charge is 2.36. The molecular formula is C17H28N4O. The Morgan fingerprint density at radius 3 is 2.50 bits per heavy atom. The largest absolute Gasteiger partial charge is 0.343 e. The normalized spacial score (nSPS) is 27.2. The summed E-state index contributed by atoms with van der Waals surface area (Å²) in [5, 5.41) is 8.08. The zero-order valence-corrected chi connectivity index (χ0v) is 14.2. The van der Waals surface area contributed by atoms with Gasteiger partial charge in [-0.1, -0.05) is 0 Å².